The molecule has 2 saturated heterocycles. The molecule has 1 amide bonds. The summed E-state index contributed by atoms with van der Waals surface area (Å²) in [6, 6.07) is 8.17. The van der Waals surface area contributed by atoms with Crippen LogP contribution in [0.15, 0.2) is 24.3 Å². The molecule has 4 heteroatoms. The number of amides is 1. The molecule has 4 nitrogen and oxygen atoms in total. The van der Waals surface area contributed by atoms with Crippen LogP contribution in [0.4, 0.5) is 0 Å². The van der Waals surface area contributed by atoms with Crippen molar-refractivity contribution in [3.63, 3.8) is 0 Å². The lowest BCUT2D eigenvalue weighted by Gasteiger charge is -2.30. The Morgan fingerprint density at radius 1 is 1.35 bits per heavy atom. The number of carbonyl (C=O) groups excluding carboxylic acids is 1. The highest BCUT2D eigenvalue weighted by molar-refractivity contribution is 5.79. The van der Waals surface area contributed by atoms with Gasteiger partial charge in [0.2, 0.25) is 5.91 Å². The molecule has 0 spiro atoms. The lowest BCUT2D eigenvalue weighted by atomic mass is 9.81. The highest BCUT2D eigenvalue weighted by atomic mass is 16.5. The van der Waals surface area contributed by atoms with Gasteiger partial charge in [0.1, 0.15) is 5.75 Å². The van der Waals surface area contributed by atoms with E-state index in [1.54, 1.807) is 7.11 Å². The molecule has 0 unspecified atom stereocenters. The lowest BCUT2D eigenvalue weighted by molar-refractivity contribution is -0.128. The zero-order valence-corrected chi connectivity index (χ0v) is 12.1. The number of piperidine rings is 1. The van der Waals surface area contributed by atoms with E-state index in [0.29, 0.717) is 11.8 Å². The Bertz CT molecular complexity index is 503. The summed E-state index contributed by atoms with van der Waals surface area (Å²) in [6.07, 6.45) is 0. The van der Waals surface area contributed by atoms with Crippen LogP contribution in [0, 0.1) is 17.8 Å². The largest absolute Gasteiger partial charge is 0.496 e. The van der Waals surface area contributed by atoms with Gasteiger partial charge in [0.05, 0.1) is 7.11 Å². The minimum Gasteiger partial charge on any atom is -0.496 e. The second-order valence-electron chi connectivity index (χ2n) is 5.96. The molecule has 0 aromatic heterocycles. The molecule has 0 radical (unpaired) electrons. The van der Waals surface area contributed by atoms with Gasteiger partial charge in [0.15, 0.2) is 0 Å². The van der Waals surface area contributed by atoms with E-state index in [-0.39, 0.29) is 11.8 Å². The fourth-order valence-corrected chi connectivity index (χ4v) is 3.56. The van der Waals surface area contributed by atoms with Crippen LogP contribution in [0.3, 0.4) is 0 Å². The Morgan fingerprint density at radius 3 is 2.95 bits per heavy atom. The lowest BCUT2D eigenvalue weighted by Crippen LogP contribution is -2.46. The van der Waals surface area contributed by atoms with Crippen LogP contribution in [0.2, 0.25) is 0 Å². The van der Waals surface area contributed by atoms with Crippen LogP contribution in [-0.4, -0.2) is 37.6 Å². The third-order valence-electron chi connectivity index (χ3n) is 4.75. The minimum absolute atomic E-state index is 0.136. The van der Waals surface area contributed by atoms with Crippen LogP contribution >= 0.6 is 0 Å². The van der Waals surface area contributed by atoms with Gasteiger partial charge < -0.3 is 10.1 Å². The Balaban J connectivity index is 1.70. The molecular weight excluding hydrogens is 252 g/mol. The van der Waals surface area contributed by atoms with E-state index in [1.165, 1.54) is 5.56 Å². The van der Waals surface area contributed by atoms with E-state index < -0.39 is 0 Å². The number of ether oxygens (including phenoxy) is 1. The first kappa shape index (κ1) is 13.4. The van der Waals surface area contributed by atoms with Crippen LogP contribution in [-0.2, 0) is 11.3 Å². The van der Waals surface area contributed by atoms with E-state index in [4.69, 9.17) is 4.74 Å². The van der Waals surface area contributed by atoms with E-state index in [1.807, 2.05) is 12.1 Å². The number of methoxy groups -OCH3 is 1. The molecule has 3 rings (SSSR count). The predicted molar refractivity (Wildman–Crippen MR) is 77.4 cm³/mol. The van der Waals surface area contributed by atoms with Gasteiger partial charge in [0, 0.05) is 37.7 Å². The highest BCUT2D eigenvalue weighted by Crippen LogP contribution is 2.34. The van der Waals surface area contributed by atoms with Crippen molar-refractivity contribution in [3.8, 4) is 5.75 Å². The summed E-state index contributed by atoms with van der Waals surface area (Å²) in [5.74, 6) is 2.39. The van der Waals surface area contributed by atoms with Crippen LogP contribution < -0.4 is 10.1 Å². The number of rotatable bonds is 3. The smallest absolute Gasteiger partial charge is 0.223 e. The average molecular weight is 274 g/mol. The maximum atomic E-state index is 11.8. The summed E-state index contributed by atoms with van der Waals surface area (Å²) in [7, 11) is 1.72. The van der Waals surface area contributed by atoms with Gasteiger partial charge in [-0.3, -0.25) is 9.69 Å². The first-order chi connectivity index (χ1) is 9.69. The summed E-state index contributed by atoms with van der Waals surface area (Å²) in [5.41, 5.74) is 1.22. The van der Waals surface area contributed by atoms with Crippen molar-refractivity contribution in [3.05, 3.63) is 29.8 Å². The summed E-state index contributed by atoms with van der Waals surface area (Å²) in [4.78, 5) is 14.2. The molecule has 20 heavy (non-hydrogen) atoms. The van der Waals surface area contributed by atoms with Gasteiger partial charge in [-0.2, -0.15) is 0 Å². The monoisotopic (exact) mass is 274 g/mol. The third-order valence-corrected chi connectivity index (χ3v) is 4.75. The Morgan fingerprint density at radius 2 is 2.15 bits per heavy atom. The fourth-order valence-electron chi connectivity index (χ4n) is 3.56. The standard InChI is InChI=1S/C16H22N2O2/c1-11-14-10-18(9-13(14)7-17-16(11)19)8-12-5-3-4-6-15(12)20-2/h3-6,11,13-14H,7-10H2,1-2H3,(H,17,19)/t11-,13-,14-/m0/s1. The van der Waals surface area contributed by atoms with E-state index in [9.17, 15) is 4.79 Å². The van der Waals surface area contributed by atoms with Gasteiger partial charge in [-0.05, 0) is 17.9 Å². The summed E-state index contributed by atoms with van der Waals surface area (Å²) in [6.45, 7) is 5.86. The Hall–Kier alpha value is -1.55. The number of fused-ring (bicyclic) bond motifs is 1. The number of likely N-dealkylation sites (tertiary alicyclic amines) is 1. The molecular formula is C16H22N2O2. The van der Waals surface area contributed by atoms with Gasteiger partial charge in [-0.1, -0.05) is 25.1 Å². The topological polar surface area (TPSA) is 41.6 Å². The van der Waals surface area contributed by atoms with Crippen LogP contribution in [0.25, 0.3) is 0 Å². The molecule has 108 valence electrons. The SMILES string of the molecule is COc1ccccc1CN1C[C@@H]2CNC(=O)[C@@H](C)[C@@H]2C1. The summed E-state index contributed by atoms with van der Waals surface area (Å²) >= 11 is 0. The molecule has 2 aliphatic heterocycles. The number of carbonyl (C=O) groups is 1. The first-order valence-corrected chi connectivity index (χ1v) is 7.31. The normalized spacial score (nSPS) is 29.9. The number of nitrogens with one attached hydrogen (secondary N) is 1. The highest BCUT2D eigenvalue weighted by Gasteiger charge is 2.41. The van der Waals surface area contributed by atoms with Crippen molar-refractivity contribution in [1.29, 1.82) is 0 Å². The van der Waals surface area contributed by atoms with Crippen molar-refractivity contribution < 1.29 is 9.53 Å². The molecule has 1 aromatic carbocycles. The number of hydrogen-bond acceptors (Lipinski definition) is 3. The maximum absolute atomic E-state index is 11.8. The zero-order chi connectivity index (χ0) is 14.1. The van der Waals surface area contributed by atoms with Gasteiger partial charge in [0.25, 0.3) is 0 Å². The molecule has 2 fully saturated rings. The average Bonchev–Trinajstić information content (AvgIpc) is 2.87. The minimum atomic E-state index is 0.136. The van der Waals surface area contributed by atoms with Gasteiger partial charge in [-0.15, -0.1) is 0 Å². The van der Waals surface area contributed by atoms with Crippen LogP contribution in [0.5, 0.6) is 5.75 Å². The summed E-state index contributed by atoms with van der Waals surface area (Å²) in [5, 5.41) is 3.02. The quantitative estimate of drug-likeness (QED) is 0.908. The van der Waals surface area contributed by atoms with Gasteiger partial charge in [-0.25, -0.2) is 0 Å². The number of hydrogen-bond donors (Lipinski definition) is 1. The number of para-hydroxylation sites is 1. The zero-order valence-electron chi connectivity index (χ0n) is 12.1. The van der Waals surface area contributed by atoms with E-state index in [2.05, 4.69) is 29.3 Å². The third kappa shape index (κ3) is 2.40. The first-order valence-electron chi connectivity index (χ1n) is 7.31. The second-order valence-corrected chi connectivity index (χ2v) is 5.96. The molecule has 0 aliphatic carbocycles. The maximum Gasteiger partial charge on any atom is 0.223 e. The number of benzene rings is 1. The van der Waals surface area contributed by atoms with E-state index in [0.717, 1.165) is 31.9 Å². The molecule has 1 N–H and O–H groups in total. The molecule has 0 bridgehead atoms. The van der Waals surface area contributed by atoms with Gasteiger partial charge >= 0.3 is 0 Å². The fraction of sp³-hybridized carbons (Fsp3) is 0.562. The molecule has 2 heterocycles. The van der Waals surface area contributed by atoms with E-state index >= 15 is 0 Å². The Kier molecular flexibility index (Phi) is 3.66. The summed E-state index contributed by atoms with van der Waals surface area (Å²) < 4.78 is 5.42. The van der Waals surface area contributed by atoms with Crippen molar-refractivity contribution in [2.24, 2.45) is 17.8 Å². The number of nitrogens with zero attached hydrogens (tertiary/aromatic N) is 1. The van der Waals surface area contributed by atoms with Crippen molar-refractivity contribution >= 4 is 5.91 Å². The second kappa shape index (κ2) is 5.44. The molecule has 0 saturated carbocycles. The molecule has 1 aromatic rings. The molecule has 2 aliphatic rings. The van der Waals surface area contributed by atoms with Crippen molar-refractivity contribution in [2.75, 3.05) is 26.7 Å². The predicted octanol–water partition coefficient (Wildman–Crippen LogP) is 1.51. The van der Waals surface area contributed by atoms with Crippen LogP contribution in [0.1, 0.15) is 12.5 Å². The Labute approximate surface area is 120 Å². The molecule has 3 atom stereocenters. The van der Waals surface area contributed by atoms with Crippen molar-refractivity contribution in [2.45, 2.75) is 13.5 Å². The van der Waals surface area contributed by atoms with Crippen molar-refractivity contribution in [1.82, 2.24) is 10.2 Å².